The van der Waals surface area contributed by atoms with Crippen molar-refractivity contribution in [3.8, 4) is 0 Å². The van der Waals surface area contributed by atoms with Gasteiger partial charge in [-0.05, 0) is 26.8 Å². The summed E-state index contributed by atoms with van der Waals surface area (Å²) in [4.78, 5) is 4.82. The summed E-state index contributed by atoms with van der Waals surface area (Å²) in [7, 11) is 0.125. The monoisotopic (exact) mass is 321 g/mol. The van der Waals surface area contributed by atoms with E-state index in [0.29, 0.717) is 12.5 Å². The van der Waals surface area contributed by atoms with Crippen LogP contribution in [0.4, 0.5) is 0 Å². The van der Waals surface area contributed by atoms with E-state index in [1.807, 2.05) is 6.92 Å². The molecular weight excluding hydrogens is 290 g/mol. The fraction of sp³-hybridized carbons (Fsp3) is 1.00. The van der Waals surface area contributed by atoms with Crippen molar-refractivity contribution in [2.24, 2.45) is 0 Å². The lowest BCUT2D eigenvalue weighted by Gasteiger charge is -2.39. The molecule has 1 aliphatic heterocycles. The Morgan fingerprint density at radius 1 is 1.24 bits per heavy atom. The molecule has 1 heterocycles. The molecule has 126 valence electrons. The molecule has 0 unspecified atom stereocenters. The van der Waals surface area contributed by atoms with Gasteiger partial charge in [0.15, 0.2) is 0 Å². The van der Waals surface area contributed by atoms with Crippen LogP contribution in [0.3, 0.4) is 0 Å². The van der Waals surface area contributed by atoms with Crippen molar-refractivity contribution in [1.82, 2.24) is 14.1 Å². The standard InChI is InChI=1S/C14H31N3O3S/c1-5-20-11-10-17-9-8-16(13-14(17)2)7-6-12-21(18,19)15(3)4/h14H,5-13H2,1-4H3/t14-/m0/s1. The maximum absolute atomic E-state index is 11.7. The quantitative estimate of drug-likeness (QED) is 0.572. The zero-order chi connectivity index (χ0) is 15.9. The fourth-order valence-electron chi connectivity index (χ4n) is 2.59. The molecule has 0 spiro atoms. The predicted octanol–water partition coefficient (Wildman–Crippen LogP) is 0.311. The van der Waals surface area contributed by atoms with Gasteiger partial charge in [0.05, 0.1) is 12.4 Å². The van der Waals surface area contributed by atoms with Crippen LogP contribution < -0.4 is 0 Å². The summed E-state index contributed by atoms with van der Waals surface area (Å²) in [5, 5.41) is 0. The highest BCUT2D eigenvalue weighted by atomic mass is 32.2. The van der Waals surface area contributed by atoms with Crippen LogP contribution in [0.2, 0.25) is 0 Å². The lowest BCUT2D eigenvalue weighted by atomic mass is 10.2. The number of ether oxygens (including phenoxy) is 1. The van der Waals surface area contributed by atoms with E-state index in [-0.39, 0.29) is 5.75 Å². The minimum absolute atomic E-state index is 0.235. The summed E-state index contributed by atoms with van der Waals surface area (Å²) in [6.07, 6.45) is 0.701. The van der Waals surface area contributed by atoms with Crippen LogP contribution >= 0.6 is 0 Å². The van der Waals surface area contributed by atoms with Crippen molar-refractivity contribution >= 4 is 10.0 Å². The first kappa shape index (κ1) is 18.8. The third kappa shape index (κ3) is 6.61. The Labute approximate surface area is 130 Å². The minimum atomic E-state index is -3.06. The van der Waals surface area contributed by atoms with Crippen LogP contribution in [-0.2, 0) is 14.8 Å². The summed E-state index contributed by atoms with van der Waals surface area (Å²) in [6, 6.07) is 0.504. The maximum atomic E-state index is 11.7. The number of piperazine rings is 1. The van der Waals surface area contributed by atoms with Gasteiger partial charge < -0.3 is 9.64 Å². The van der Waals surface area contributed by atoms with Crippen molar-refractivity contribution in [3.63, 3.8) is 0 Å². The van der Waals surface area contributed by atoms with E-state index in [0.717, 1.165) is 45.9 Å². The molecule has 1 aliphatic rings. The molecule has 0 N–H and O–H groups in total. The van der Waals surface area contributed by atoms with Crippen LogP contribution in [-0.4, -0.2) is 94.4 Å². The van der Waals surface area contributed by atoms with Gasteiger partial charge in [-0.15, -0.1) is 0 Å². The SMILES string of the molecule is CCOCCN1CCN(CCCS(=O)(=O)N(C)C)C[C@@H]1C. The largest absolute Gasteiger partial charge is 0.380 e. The van der Waals surface area contributed by atoms with Crippen LogP contribution in [0.1, 0.15) is 20.3 Å². The molecule has 1 saturated heterocycles. The average Bonchev–Trinajstić information content (AvgIpc) is 2.41. The molecule has 1 atom stereocenters. The van der Waals surface area contributed by atoms with E-state index >= 15 is 0 Å². The summed E-state index contributed by atoms with van der Waals surface area (Å²) in [5.74, 6) is 0.235. The minimum Gasteiger partial charge on any atom is -0.380 e. The van der Waals surface area contributed by atoms with Crippen LogP contribution in [0.5, 0.6) is 0 Å². The van der Waals surface area contributed by atoms with E-state index in [9.17, 15) is 8.42 Å². The molecule has 0 amide bonds. The molecule has 0 aromatic carbocycles. The first-order valence-corrected chi connectivity index (χ1v) is 9.42. The second-order valence-electron chi connectivity index (χ2n) is 5.83. The van der Waals surface area contributed by atoms with Crippen molar-refractivity contribution in [2.75, 3.05) is 65.8 Å². The highest BCUT2D eigenvalue weighted by Gasteiger charge is 2.23. The molecule has 0 bridgehead atoms. The Morgan fingerprint density at radius 2 is 1.95 bits per heavy atom. The van der Waals surface area contributed by atoms with Gasteiger partial charge in [0, 0.05) is 52.9 Å². The van der Waals surface area contributed by atoms with Crippen molar-refractivity contribution < 1.29 is 13.2 Å². The molecule has 0 aromatic heterocycles. The first-order chi connectivity index (χ1) is 9.86. The number of sulfonamides is 1. The van der Waals surface area contributed by atoms with Crippen LogP contribution in [0, 0.1) is 0 Å². The van der Waals surface area contributed by atoms with E-state index in [2.05, 4.69) is 16.7 Å². The zero-order valence-electron chi connectivity index (χ0n) is 13.9. The van der Waals surface area contributed by atoms with Crippen LogP contribution in [0.15, 0.2) is 0 Å². The highest BCUT2D eigenvalue weighted by Crippen LogP contribution is 2.10. The van der Waals surface area contributed by atoms with Gasteiger partial charge in [-0.1, -0.05) is 0 Å². The average molecular weight is 321 g/mol. The van der Waals surface area contributed by atoms with Gasteiger partial charge in [0.2, 0.25) is 10.0 Å². The summed E-state index contributed by atoms with van der Waals surface area (Å²) in [6.45, 7) is 10.7. The Balaban J connectivity index is 2.25. The summed E-state index contributed by atoms with van der Waals surface area (Å²) in [5.41, 5.74) is 0. The number of rotatable bonds is 9. The molecule has 1 rings (SSSR count). The zero-order valence-corrected chi connectivity index (χ0v) is 14.7. The second kappa shape index (κ2) is 9.05. The number of hydrogen-bond donors (Lipinski definition) is 0. The highest BCUT2D eigenvalue weighted by molar-refractivity contribution is 7.89. The molecule has 21 heavy (non-hydrogen) atoms. The molecule has 0 radical (unpaired) electrons. The van der Waals surface area contributed by atoms with Gasteiger partial charge >= 0.3 is 0 Å². The van der Waals surface area contributed by atoms with E-state index in [1.54, 1.807) is 14.1 Å². The summed E-state index contributed by atoms with van der Waals surface area (Å²) < 4.78 is 30.2. The molecule has 6 nitrogen and oxygen atoms in total. The normalized spacial score (nSPS) is 22.0. The Kier molecular flexibility index (Phi) is 8.12. The van der Waals surface area contributed by atoms with Crippen LogP contribution in [0.25, 0.3) is 0 Å². The van der Waals surface area contributed by atoms with Gasteiger partial charge in [0.1, 0.15) is 0 Å². The van der Waals surface area contributed by atoms with E-state index < -0.39 is 10.0 Å². The third-order valence-electron chi connectivity index (χ3n) is 4.01. The maximum Gasteiger partial charge on any atom is 0.213 e. The molecule has 7 heteroatoms. The molecule has 0 aromatic rings. The smallest absolute Gasteiger partial charge is 0.213 e. The number of hydrogen-bond acceptors (Lipinski definition) is 5. The van der Waals surface area contributed by atoms with E-state index in [1.165, 1.54) is 4.31 Å². The van der Waals surface area contributed by atoms with Gasteiger partial charge in [-0.25, -0.2) is 12.7 Å². The fourth-order valence-corrected chi connectivity index (χ4v) is 3.44. The molecular formula is C14H31N3O3S. The van der Waals surface area contributed by atoms with Gasteiger partial charge in [-0.2, -0.15) is 0 Å². The molecule has 0 aliphatic carbocycles. The van der Waals surface area contributed by atoms with Gasteiger partial charge in [-0.3, -0.25) is 4.90 Å². The Morgan fingerprint density at radius 3 is 2.52 bits per heavy atom. The third-order valence-corrected chi connectivity index (χ3v) is 5.93. The van der Waals surface area contributed by atoms with Gasteiger partial charge in [0.25, 0.3) is 0 Å². The molecule has 1 fully saturated rings. The summed E-state index contributed by atoms with van der Waals surface area (Å²) >= 11 is 0. The van der Waals surface area contributed by atoms with Crippen molar-refractivity contribution in [1.29, 1.82) is 0 Å². The van der Waals surface area contributed by atoms with Crippen molar-refractivity contribution in [3.05, 3.63) is 0 Å². The number of nitrogens with zero attached hydrogens (tertiary/aromatic N) is 3. The second-order valence-corrected chi connectivity index (χ2v) is 8.14. The first-order valence-electron chi connectivity index (χ1n) is 7.81. The lowest BCUT2D eigenvalue weighted by Crippen LogP contribution is -2.52. The van der Waals surface area contributed by atoms with E-state index in [4.69, 9.17) is 4.74 Å². The topological polar surface area (TPSA) is 53.1 Å². The molecule has 0 saturated carbocycles. The Hall–Kier alpha value is -0.210. The lowest BCUT2D eigenvalue weighted by molar-refractivity contribution is 0.0495. The van der Waals surface area contributed by atoms with Crippen molar-refractivity contribution in [2.45, 2.75) is 26.3 Å². The Bertz CT molecular complexity index is 387. The predicted molar refractivity (Wildman–Crippen MR) is 86.1 cm³/mol.